The molecule has 1 aromatic heterocycles. The van der Waals surface area contributed by atoms with Crippen LogP contribution in [0.2, 0.25) is 0 Å². The van der Waals surface area contributed by atoms with Crippen molar-refractivity contribution in [2.24, 2.45) is 13.0 Å². The zero-order valence-corrected chi connectivity index (χ0v) is 14.4. The Hall–Kier alpha value is -2.41. The van der Waals surface area contributed by atoms with E-state index in [0.29, 0.717) is 17.1 Å². The van der Waals surface area contributed by atoms with Gasteiger partial charge >= 0.3 is 5.97 Å². The maximum atomic E-state index is 14.6. The van der Waals surface area contributed by atoms with E-state index in [1.54, 1.807) is 17.7 Å². The van der Waals surface area contributed by atoms with Crippen LogP contribution in [-0.2, 0) is 7.05 Å². The number of nitrogens with zero attached hydrogens (tertiary/aromatic N) is 2. The Morgan fingerprint density at radius 2 is 2.20 bits per heavy atom. The molecule has 2 heterocycles. The SMILES string of the molecule is CCNC[C@@H]1CCN(c2cc3c(cc2F)c(=O)c(C(=O)O)cn3C)C1. The van der Waals surface area contributed by atoms with Crippen LogP contribution in [0.1, 0.15) is 23.7 Å². The molecule has 1 fully saturated rings. The number of hydrogen-bond donors (Lipinski definition) is 2. The Kier molecular flexibility index (Phi) is 4.76. The second kappa shape index (κ2) is 6.84. The standard InChI is InChI=1S/C18H22FN3O3/c1-3-20-8-11-4-5-22(9-11)16-7-15-12(6-14(16)19)17(23)13(18(24)25)10-21(15)2/h6-7,10-11,20H,3-5,8-9H2,1-2H3,(H,24,25)/t11-/m0/s1. The number of aromatic nitrogens is 1. The molecule has 1 aromatic carbocycles. The Bertz CT molecular complexity index is 878. The van der Waals surface area contributed by atoms with Crippen LogP contribution in [0.15, 0.2) is 23.1 Å². The van der Waals surface area contributed by atoms with Gasteiger partial charge in [0.2, 0.25) is 5.43 Å². The fraction of sp³-hybridized carbons (Fsp3) is 0.444. The lowest BCUT2D eigenvalue weighted by Gasteiger charge is -2.21. The van der Waals surface area contributed by atoms with E-state index in [-0.39, 0.29) is 10.9 Å². The van der Waals surface area contributed by atoms with Crippen molar-refractivity contribution in [3.63, 3.8) is 0 Å². The van der Waals surface area contributed by atoms with Gasteiger partial charge < -0.3 is 19.9 Å². The monoisotopic (exact) mass is 347 g/mol. The number of benzene rings is 1. The molecule has 134 valence electrons. The van der Waals surface area contributed by atoms with Crippen molar-refractivity contribution >= 4 is 22.6 Å². The lowest BCUT2D eigenvalue weighted by molar-refractivity contribution is 0.0695. The molecule has 25 heavy (non-hydrogen) atoms. The number of anilines is 1. The Morgan fingerprint density at radius 3 is 2.88 bits per heavy atom. The topological polar surface area (TPSA) is 74.6 Å². The largest absolute Gasteiger partial charge is 0.477 e. The van der Waals surface area contributed by atoms with Gasteiger partial charge in [-0.3, -0.25) is 4.79 Å². The summed E-state index contributed by atoms with van der Waals surface area (Å²) in [7, 11) is 1.66. The summed E-state index contributed by atoms with van der Waals surface area (Å²) in [6.07, 6.45) is 2.27. The minimum absolute atomic E-state index is 0.0899. The summed E-state index contributed by atoms with van der Waals surface area (Å²) in [6, 6.07) is 2.81. The first-order valence-corrected chi connectivity index (χ1v) is 8.44. The molecule has 0 saturated carbocycles. The summed E-state index contributed by atoms with van der Waals surface area (Å²) in [4.78, 5) is 25.5. The van der Waals surface area contributed by atoms with E-state index in [2.05, 4.69) is 12.2 Å². The highest BCUT2D eigenvalue weighted by Crippen LogP contribution is 2.29. The molecular weight excluding hydrogens is 325 g/mol. The molecular formula is C18H22FN3O3. The average Bonchev–Trinajstić information content (AvgIpc) is 3.04. The second-order valence-electron chi connectivity index (χ2n) is 6.52. The first-order chi connectivity index (χ1) is 11.9. The average molecular weight is 347 g/mol. The van der Waals surface area contributed by atoms with Crippen molar-refractivity contribution in [1.29, 1.82) is 0 Å². The molecule has 6 nitrogen and oxygen atoms in total. The number of carboxylic acids is 1. The Balaban J connectivity index is 2.00. The minimum Gasteiger partial charge on any atom is -0.477 e. The van der Waals surface area contributed by atoms with Gasteiger partial charge in [-0.1, -0.05) is 6.92 Å². The van der Waals surface area contributed by atoms with Crippen LogP contribution in [0.5, 0.6) is 0 Å². The number of aryl methyl sites for hydroxylation is 1. The van der Waals surface area contributed by atoms with Crippen molar-refractivity contribution in [2.45, 2.75) is 13.3 Å². The van der Waals surface area contributed by atoms with E-state index < -0.39 is 17.2 Å². The molecule has 0 unspecified atom stereocenters. The van der Waals surface area contributed by atoms with Crippen LogP contribution < -0.4 is 15.6 Å². The molecule has 0 amide bonds. The quantitative estimate of drug-likeness (QED) is 0.863. The molecule has 1 saturated heterocycles. The molecule has 0 spiro atoms. The number of rotatable bonds is 5. The maximum absolute atomic E-state index is 14.6. The fourth-order valence-corrected chi connectivity index (χ4v) is 3.45. The van der Waals surface area contributed by atoms with Gasteiger partial charge in [0, 0.05) is 31.7 Å². The number of carbonyl (C=O) groups is 1. The van der Waals surface area contributed by atoms with Crippen LogP contribution in [0.3, 0.4) is 0 Å². The normalized spacial score (nSPS) is 17.4. The highest BCUT2D eigenvalue weighted by molar-refractivity contribution is 5.93. The molecule has 0 aliphatic carbocycles. The van der Waals surface area contributed by atoms with E-state index in [0.717, 1.165) is 38.7 Å². The van der Waals surface area contributed by atoms with Crippen molar-refractivity contribution < 1.29 is 14.3 Å². The van der Waals surface area contributed by atoms with Gasteiger partial charge in [0.1, 0.15) is 11.4 Å². The van der Waals surface area contributed by atoms with Crippen molar-refractivity contribution in [1.82, 2.24) is 9.88 Å². The van der Waals surface area contributed by atoms with Gasteiger partial charge in [-0.25, -0.2) is 9.18 Å². The smallest absolute Gasteiger partial charge is 0.341 e. The summed E-state index contributed by atoms with van der Waals surface area (Å²) in [5.74, 6) is -1.33. The lowest BCUT2D eigenvalue weighted by Crippen LogP contribution is -2.27. The van der Waals surface area contributed by atoms with Gasteiger partial charge in [-0.05, 0) is 37.6 Å². The van der Waals surface area contributed by atoms with E-state index in [1.807, 2.05) is 4.90 Å². The van der Waals surface area contributed by atoms with Crippen LogP contribution >= 0.6 is 0 Å². The van der Waals surface area contributed by atoms with Crippen molar-refractivity contribution in [2.75, 3.05) is 31.1 Å². The van der Waals surface area contributed by atoms with Crippen LogP contribution in [-0.4, -0.2) is 41.8 Å². The number of nitrogens with one attached hydrogen (secondary N) is 1. The molecule has 0 bridgehead atoms. The Labute approximate surface area is 144 Å². The number of fused-ring (bicyclic) bond motifs is 1. The third-order valence-corrected chi connectivity index (χ3v) is 4.80. The molecule has 7 heteroatoms. The summed E-state index contributed by atoms with van der Waals surface area (Å²) in [5.41, 5.74) is -0.0161. The van der Waals surface area contributed by atoms with Crippen LogP contribution in [0.4, 0.5) is 10.1 Å². The first kappa shape index (κ1) is 17.4. The third-order valence-electron chi connectivity index (χ3n) is 4.80. The van der Waals surface area contributed by atoms with Crippen LogP contribution in [0, 0.1) is 11.7 Å². The lowest BCUT2D eigenvalue weighted by atomic mass is 10.1. The molecule has 1 aliphatic heterocycles. The molecule has 0 radical (unpaired) electrons. The molecule has 1 aliphatic rings. The van der Waals surface area contributed by atoms with Crippen molar-refractivity contribution in [3.8, 4) is 0 Å². The number of hydrogen-bond acceptors (Lipinski definition) is 4. The summed E-state index contributed by atoms with van der Waals surface area (Å²) in [6.45, 7) is 5.40. The van der Waals surface area contributed by atoms with E-state index in [4.69, 9.17) is 5.11 Å². The summed E-state index contributed by atoms with van der Waals surface area (Å²) in [5, 5.41) is 12.5. The van der Waals surface area contributed by atoms with Gasteiger partial charge in [-0.15, -0.1) is 0 Å². The predicted molar refractivity (Wildman–Crippen MR) is 95.0 cm³/mol. The van der Waals surface area contributed by atoms with Gasteiger partial charge in [0.05, 0.1) is 11.2 Å². The molecule has 2 N–H and O–H groups in total. The van der Waals surface area contributed by atoms with E-state index >= 15 is 0 Å². The number of aromatic carboxylic acids is 1. The van der Waals surface area contributed by atoms with Gasteiger partial charge in [0.25, 0.3) is 0 Å². The Morgan fingerprint density at radius 1 is 1.44 bits per heavy atom. The van der Waals surface area contributed by atoms with E-state index in [9.17, 15) is 14.0 Å². The molecule has 1 atom stereocenters. The highest BCUT2D eigenvalue weighted by Gasteiger charge is 2.25. The van der Waals surface area contributed by atoms with Crippen molar-refractivity contribution in [3.05, 3.63) is 39.9 Å². The fourth-order valence-electron chi connectivity index (χ4n) is 3.45. The first-order valence-electron chi connectivity index (χ1n) is 8.44. The molecule has 2 aromatic rings. The predicted octanol–water partition coefficient (Wildman–Crippen LogP) is 1.81. The minimum atomic E-state index is -1.31. The van der Waals surface area contributed by atoms with Gasteiger partial charge in [-0.2, -0.15) is 0 Å². The second-order valence-corrected chi connectivity index (χ2v) is 6.52. The van der Waals surface area contributed by atoms with E-state index in [1.165, 1.54) is 6.20 Å². The highest BCUT2D eigenvalue weighted by atomic mass is 19.1. The zero-order valence-electron chi connectivity index (χ0n) is 14.4. The number of halogens is 1. The zero-order chi connectivity index (χ0) is 18.1. The van der Waals surface area contributed by atoms with Crippen LogP contribution in [0.25, 0.3) is 10.9 Å². The van der Waals surface area contributed by atoms with Gasteiger partial charge in [0.15, 0.2) is 0 Å². The molecule has 3 rings (SSSR count). The summed E-state index contributed by atoms with van der Waals surface area (Å²) < 4.78 is 16.2. The maximum Gasteiger partial charge on any atom is 0.341 e. The summed E-state index contributed by atoms with van der Waals surface area (Å²) >= 11 is 0. The number of pyridine rings is 1. The number of carboxylic acid groups (broad SMARTS) is 1. The third kappa shape index (κ3) is 3.24.